The second-order valence-corrected chi connectivity index (χ2v) is 8.43. The Bertz CT molecular complexity index is 643. The molecule has 122 valence electrons. The fraction of sp³-hybridized carbons (Fsp3) is 0.647. The van der Waals surface area contributed by atoms with Gasteiger partial charge in [-0.1, -0.05) is 30.5 Å². The van der Waals surface area contributed by atoms with Crippen molar-refractivity contribution in [3.8, 4) is 0 Å². The molecule has 1 heterocycles. The highest BCUT2D eigenvalue weighted by Gasteiger charge is 2.41. The van der Waals surface area contributed by atoms with Crippen LogP contribution in [0.15, 0.2) is 17.0 Å². The first-order valence-corrected chi connectivity index (χ1v) is 9.56. The molecule has 1 aliphatic carbocycles. The topological polar surface area (TPSA) is 46.6 Å². The lowest BCUT2D eigenvalue weighted by Crippen LogP contribution is -2.54. The summed E-state index contributed by atoms with van der Waals surface area (Å²) >= 11 is 0. The van der Waals surface area contributed by atoms with Gasteiger partial charge in [0.15, 0.2) is 0 Å². The van der Waals surface area contributed by atoms with Crippen LogP contribution in [0.1, 0.15) is 42.4 Å². The molecular formula is C17H25NO3S. The van der Waals surface area contributed by atoms with E-state index in [1.54, 1.807) is 4.31 Å². The normalized spacial score (nSPS) is 26.7. The molecule has 0 amide bonds. The Balaban J connectivity index is 2.02. The van der Waals surface area contributed by atoms with Gasteiger partial charge in [0, 0.05) is 6.54 Å². The Morgan fingerprint density at radius 3 is 2.41 bits per heavy atom. The molecule has 2 atom stereocenters. The SMILES string of the molecule is Cc1cc(C)c(S(=O)(=O)N2CCOC3CCCCC32)c(C)c1. The van der Waals surface area contributed by atoms with E-state index in [2.05, 4.69) is 0 Å². The summed E-state index contributed by atoms with van der Waals surface area (Å²) in [5.41, 5.74) is 2.79. The average Bonchev–Trinajstić information content (AvgIpc) is 2.45. The van der Waals surface area contributed by atoms with Crippen LogP contribution in [0.25, 0.3) is 0 Å². The largest absolute Gasteiger partial charge is 0.375 e. The van der Waals surface area contributed by atoms with E-state index in [9.17, 15) is 8.42 Å². The van der Waals surface area contributed by atoms with Crippen molar-refractivity contribution in [2.24, 2.45) is 0 Å². The van der Waals surface area contributed by atoms with Crippen molar-refractivity contribution >= 4 is 10.0 Å². The molecule has 0 radical (unpaired) electrons. The molecule has 2 unspecified atom stereocenters. The monoisotopic (exact) mass is 323 g/mol. The van der Waals surface area contributed by atoms with Gasteiger partial charge in [-0.15, -0.1) is 0 Å². The number of ether oxygens (including phenoxy) is 1. The Hall–Kier alpha value is -0.910. The molecule has 2 fully saturated rings. The van der Waals surface area contributed by atoms with Crippen LogP contribution in [0, 0.1) is 20.8 Å². The van der Waals surface area contributed by atoms with Gasteiger partial charge in [0.25, 0.3) is 0 Å². The number of nitrogens with zero attached hydrogens (tertiary/aromatic N) is 1. The van der Waals surface area contributed by atoms with E-state index in [1.807, 2.05) is 32.9 Å². The summed E-state index contributed by atoms with van der Waals surface area (Å²) in [6, 6.07) is 3.92. The molecule has 22 heavy (non-hydrogen) atoms. The zero-order chi connectivity index (χ0) is 15.9. The molecular weight excluding hydrogens is 298 g/mol. The first-order valence-electron chi connectivity index (χ1n) is 8.12. The summed E-state index contributed by atoms with van der Waals surface area (Å²) in [7, 11) is -3.46. The molecule has 1 saturated carbocycles. The standard InChI is InChI=1S/C17H25NO3S/c1-12-10-13(2)17(14(3)11-12)22(19,20)18-8-9-21-16-7-5-4-6-15(16)18/h10-11,15-16H,4-9H2,1-3H3. The maximum atomic E-state index is 13.3. The fourth-order valence-electron chi connectivity index (χ4n) is 4.05. The molecule has 1 aromatic rings. The highest BCUT2D eigenvalue weighted by Crippen LogP contribution is 2.34. The molecule has 0 bridgehead atoms. The number of hydrogen-bond acceptors (Lipinski definition) is 3. The van der Waals surface area contributed by atoms with E-state index in [-0.39, 0.29) is 12.1 Å². The number of sulfonamides is 1. The number of aryl methyl sites for hydroxylation is 3. The predicted molar refractivity (Wildman–Crippen MR) is 86.5 cm³/mol. The van der Waals surface area contributed by atoms with Crippen molar-refractivity contribution in [2.75, 3.05) is 13.2 Å². The second kappa shape index (κ2) is 5.95. The van der Waals surface area contributed by atoms with Crippen molar-refractivity contribution in [1.82, 2.24) is 4.31 Å². The maximum absolute atomic E-state index is 13.3. The molecule has 0 aromatic heterocycles. The summed E-state index contributed by atoms with van der Waals surface area (Å²) in [5, 5.41) is 0. The fourth-order valence-corrected chi connectivity index (χ4v) is 6.13. The summed E-state index contributed by atoms with van der Waals surface area (Å²) in [6.45, 7) is 6.76. The van der Waals surface area contributed by atoms with Gasteiger partial charge >= 0.3 is 0 Å². The number of morpholine rings is 1. The Kier molecular flexibility index (Phi) is 4.32. The van der Waals surface area contributed by atoms with E-state index >= 15 is 0 Å². The van der Waals surface area contributed by atoms with Crippen LogP contribution >= 0.6 is 0 Å². The third kappa shape index (κ3) is 2.70. The minimum Gasteiger partial charge on any atom is -0.375 e. The molecule has 1 aromatic carbocycles. The van der Waals surface area contributed by atoms with Crippen molar-refractivity contribution in [3.05, 3.63) is 28.8 Å². The van der Waals surface area contributed by atoms with E-state index in [0.717, 1.165) is 42.4 Å². The first kappa shape index (κ1) is 16.0. The van der Waals surface area contributed by atoms with Gasteiger partial charge in [-0.2, -0.15) is 4.31 Å². The summed E-state index contributed by atoms with van der Waals surface area (Å²) in [5.74, 6) is 0. The number of fused-ring (bicyclic) bond motifs is 1. The van der Waals surface area contributed by atoms with Gasteiger partial charge in [0.2, 0.25) is 10.0 Å². The molecule has 3 rings (SSSR count). The highest BCUT2D eigenvalue weighted by atomic mass is 32.2. The van der Waals surface area contributed by atoms with E-state index in [4.69, 9.17) is 4.74 Å². The van der Waals surface area contributed by atoms with Gasteiger partial charge < -0.3 is 4.74 Å². The molecule has 4 nitrogen and oxygen atoms in total. The summed E-state index contributed by atoms with van der Waals surface area (Å²) in [6.07, 6.45) is 4.18. The number of hydrogen-bond donors (Lipinski definition) is 0. The zero-order valence-electron chi connectivity index (χ0n) is 13.6. The van der Waals surface area contributed by atoms with Crippen LogP contribution in [0.2, 0.25) is 0 Å². The Labute approximate surface area is 133 Å². The minimum absolute atomic E-state index is 0.00704. The van der Waals surface area contributed by atoms with Gasteiger partial charge in [0.1, 0.15) is 0 Å². The van der Waals surface area contributed by atoms with E-state index in [1.165, 1.54) is 0 Å². The van der Waals surface area contributed by atoms with Crippen molar-refractivity contribution in [3.63, 3.8) is 0 Å². The molecule has 1 saturated heterocycles. The van der Waals surface area contributed by atoms with Crippen LogP contribution in [0.5, 0.6) is 0 Å². The van der Waals surface area contributed by atoms with E-state index < -0.39 is 10.0 Å². The summed E-state index contributed by atoms with van der Waals surface area (Å²) in [4.78, 5) is 0.490. The maximum Gasteiger partial charge on any atom is 0.244 e. The Morgan fingerprint density at radius 1 is 1.09 bits per heavy atom. The highest BCUT2D eigenvalue weighted by molar-refractivity contribution is 7.89. The lowest BCUT2D eigenvalue weighted by Gasteiger charge is -2.43. The van der Waals surface area contributed by atoms with Gasteiger partial charge in [0.05, 0.1) is 23.6 Å². The minimum atomic E-state index is -3.46. The molecule has 0 N–H and O–H groups in total. The van der Waals surface area contributed by atoms with Crippen LogP contribution in [-0.2, 0) is 14.8 Å². The number of benzene rings is 1. The van der Waals surface area contributed by atoms with Crippen LogP contribution < -0.4 is 0 Å². The Morgan fingerprint density at radius 2 is 1.73 bits per heavy atom. The first-order chi connectivity index (χ1) is 10.4. The van der Waals surface area contributed by atoms with Gasteiger partial charge in [-0.25, -0.2) is 8.42 Å². The van der Waals surface area contributed by atoms with Crippen molar-refractivity contribution < 1.29 is 13.2 Å². The van der Waals surface area contributed by atoms with Crippen LogP contribution in [0.3, 0.4) is 0 Å². The molecule has 0 spiro atoms. The lowest BCUT2D eigenvalue weighted by atomic mass is 9.91. The predicted octanol–water partition coefficient (Wildman–Crippen LogP) is 2.94. The van der Waals surface area contributed by atoms with Crippen molar-refractivity contribution in [1.29, 1.82) is 0 Å². The third-order valence-electron chi connectivity index (χ3n) is 4.85. The van der Waals surface area contributed by atoms with E-state index in [0.29, 0.717) is 18.0 Å². The molecule has 1 aliphatic heterocycles. The zero-order valence-corrected chi connectivity index (χ0v) is 14.4. The second-order valence-electron chi connectivity index (χ2n) is 6.60. The smallest absolute Gasteiger partial charge is 0.244 e. The lowest BCUT2D eigenvalue weighted by molar-refractivity contribution is -0.0586. The quantitative estimate of drug-likeness (QED) is 0.840. The van der Waals surface area contributed by atoms with Gasteiger partial charge in [-0.05, 0) is 44.7 Å². The van der Waals surface area contributed by atoms with Crippen LogP contribution in [0.4, 0.5) is 0 Å². The molecule has 2 aliphatic rings. The van der Waals surface area contributed by atoms with Crippen LogP contribution in [-0.4, -0.2) is 38.0 Å². The third-order valence-corrected chi connectivity index (χ3v) is 7.08. The molecule has 5 heteroatoms. The van der Waals surface area contributed by atoms with Crippen molar-refractivity contribution in [2.45, 2.75) is 63.5 Å². The van der Waals surface area contributed by atoms with Gasteiger partial charge in [-0.3, -0.25) is 0 Å². The number of rotatable bonds is 2. The average molecular weight is 323 g/mol. The summed E-state index contributed by atoms with van der Waals surface area (Å²) < 4.78 is 34.1.